The van der Waals surface area contributed by atoms with Crippen LogP contribution in [0.3, 0.4) is 0 Å². The Bertz CT molecular complexity index is 1210. The van der Waals surface area contributed by atoms with Gasteiger partial charge in [-0.05, 0) is 51.3 Å². The number of nitrogen functional groups attached to an aromatic ring is 1. The second kappa shape index (κ2) is 8.98. The standard InChI is InChI=1S/C23H30FN7O3/c1-23(2,3)34-22(32)29-15-6-5-13(11-16(15)33-4)17-18(24)21(30-9-7-14(25)8-10-30)31-19(17)20(26)27-12-28-31/h5-6,11-12,14H,7-10,25H2,1-4H3,(H,29,32)(H2,26,27,28). The van der Waals surface area contributed by atoms with Gasteiger partial charge in [-0.3, -0.25) is 5.32 Å². The number of ether oxygens (including phenoxy) is 2. The first-order valence-corrected chi connectivity index (χ1v) is 11.1. The largest absolute Gasteiger partial charge is 0.495 e. The van der Waals surface area contributed by atoms with Crippen LogP contribution < -0.4 is 26.4 Å². The predicted molar refractivity (Wildman–Crippen MR) is 129 cm³/mol. The Hall–Kier alpha value is -3.60. The summed E-state index contributed by atoms with van der Waals surface area (Å²) in [5.41, 5.74) is 13.1. The van der Waals surface area contributed by atoms with Crippen LogP contribution in [0.1, 0.15) is 33.6 Å². The molecule has 1 saturated heterocycles. The van der Waals surface area contributed by atoms with Crippen molar-refractivity contribution >= 4 is 28.9 Å². The van der Waals surface area contributed by atoms with E-state index in [0.717, 1.165) is 12.8 Å². The summed E-state index contributed by atoms with van der Waals surface area (Å²) >= 11 is 0. The molecule has 3 heterocycles. The molecular formula is C23H30FN7O3. The van der Waals surface area contributed by atoms with Gasteiger partial charge in [0.1, 0.15) is 23.2 Å². The smallest absolute Gasteiger partial charge is 0.412 e. The summed E-state index contributed by atoms with van der Waals surface area (Å²) in [6, 6.07) is 5.03. The van der Waals surface area contributed by atoms with Gasteiger partial charge in [0.05, 0.1) is 18.4 Å². The van der Waals surface area contributed by atoms with Gasteiger partial charge in [0.2, 0.25) is 0 Å². The Kier molecular flexibility index (Phi) is 6.22. The average molecular weight is 472 g/mol. The molecule has 1 amide bonds. The molecule has 1 fully saturated rings. The van der Waals surface area contributed by atoms with Gasteiger partial charge in [0.15, 0.2) is 17.5 Å². The molecule has 0 spiro atoms. The molecule has 0 saturated carbocycles. The van der Waals surface area contributed by atoms with Gasteiger partial charge in [-0.25, -0.2) is 18.7 Å². The molecule has 182 valence electrons. The number of rotatable bonds is 4. The third kappa shape index (κ3) is 4.56. The van der Waals surface area contributed by atoms with Crippen molar-refractivity contribution in [3.8, 4) is 16.9 Å². The highest BCUT2D eigenvalue weighted by Gasteiger charge is 2.29. The van der Waals surface area contributed by atoms with Crippen LogP contribution in [0.4, 0.5) is 26.5 Å². The van der Waals surface area contributed by atoms with E-state index in [1.54, 1.807) is 39.0 Å². The zero-order valence-electron chi connectivity index (χ0n) is 19.8. The molecule has 0 radical (unpaired) electrons. The van der Waals surface area contributed by atoms with Crippen LogP contribution in [0.25, 0.3) is 16.6 Å². The van der Waals surface area contributed by atoms with E-state index in [9.17, 15) is 4.79 Å². The number of benzene rings is 1. The topological polar surface area (TPSA) is 133 Å². The van der Waals surface area contributed by atoms with E-state index >= 15 is 4.39 Å². The molecule has 0 atom stereocenters. The summed E-state index contributed by atoms with van der Waals surface area (Å²) in [4.78, 5) is 18.2. The quantitative estimate of drug-likeness (QED) is 0.527. The first-order chi connectivity index (χ1) is 16.1. The Morgan fingerprint density at radius 2 is 1.97 bits per heavy atom. The highest BCUT2D eigenvalue weighted by atomic mass is 19.1. The number of methoxy groups -OCH3 is 1. The minimum Gasteiger partial charge on any atom is -0.495 e. The zero-order chi connectivity index (χ0) is 24.6. The van der Waals surface area contributed by atoms with Crippen LogP contribution in [0, 0.1) is 5.82 Å². The van der Waals surface area contributed by atoms with Crippen molar-refractivity contribution < 1.29 is 18.7 Å². The molecule has 1 aliphatic rings. The number of anilines is 3. The minimum absolute atomic E-state index is 0.0963. The van der Waals surface area contributed by atoms with Crippen LogP contribution in [0.15, 0.2) is 24.5 Å². The normalized spacial score (nSPS) is 14.9. The molecule has 4 rings (SSSR count). The van der Waals surface area contributed by atoms with Gasteiger partial charge in [0, 0.05) is 19.1 Å². The lowest BCUT2D eigenvalue weighted by Gasteiger charge is -2.31. The number of nitrogens with two attached hydrogens (primary N) is 2. The molecule has 5 N–H and O–H groups in total. The van der Waals surface area contributed by atoms with Crippen LogP contribution in [-0.2, 0) is 4.74 Å². The molecule has 34 heavy (non-hydrogen) atoms. The number of nitrogens with zero attached hydrogens (tertiary/aromatic N) is 4. The minimum atomic E-state index is -0.655. The molecule has 0 aliphatic carbocycles. The van der Waals surface area contributed by atoms with Crippen molar-refractivity contribution in [2.75, 3.05) is 36.1 Å². The number of nitrogens with one attached hydrogen (secondary N) is 1. The van der Waals surface area contributed by atoms with E-state index in [-0.39, 0.29) is 17.4 Å². The third-order valence-corrected chi connectivity index (χ3v) is 5.64. The van der Waals surface area contributed by atoms with Crippen molar-refractivity contribution in [2.45, 2.75) is 45.3 Å². The first kappa shape index (κ1) is 23.6. The lowest BCUT2D eigenvalue weighted by Crippen LogP contribution is -2.40. The summed E-state index contributed by atoms with van der Waals surface area (Å²) in [7, 11) is 1.47. The lowest BCUT2D eigenvalue weighted by molar-refractivity contribution is 0.0635. The zero-order valence-corrected chi connectivity index (χ0v) is 19.8. The first-order valence-electron chi connectivity index (χ1n) is 11.1. The molecule has 2 aromatic heterocycles. The number of aromatic nitrogens is 3. The second-order valence-electron chi connectivity index (χ2n) is 9.28. The molecular weight excluding hydrogens is 441 g/mol. The van der Waals surface area contributed by atoms with Gasteiger partial charge in [-0.2, -0.15) is 5.10 Å². The Morgan fingerprint density at radius 1 is 1.26 bits per heavy atom. The Labute approximate surface area is 197 Å². The van der Waals surface area contributed by atoms with E-state index in [0.29, 0.717) is 41.4 Å². The van der Waals surface area contributed by atoms with Crippen molar-refractivity contribution in [3.63, 3.8) is 0 Å². The SMILES string of the molecule is COc1cc(-c2c(F)c(N3CCC(N)CC3)n3ncnc(N)c23)ccc1NC(=O)OC(C)(C)C. The fraction of sp³-hybridized carbons (Fsp3) is 0.435. The third-order valence-electron chi connectivity index (χ3n) is 5.64. The Balaban J connectivity index is 1.78. The van der Waals surface area contributed by atoms with Crippen molar-refractivity contribution in [1.29, 1.82) is 0 Å². The maximum atomic E-state index is 16.0. The van der Waals surface area contributed by atoms with Crippen molar-refractivity contribution in [1.82, 2.24) is 14.6 Å². The summed E-state index contributed by atoms with van der Waals surface area (Å²) in [5, 5.41) is 6.95. The van der Waals surface area contributed by atoms with E-state index in [2.05, 4.69) is 15.4 Å². The summed E-state index contributed by atoms with van der Waals surface area (Å²) < 4.78 is 28.3. The van der Waals surface area contributed by atoms with Crippen LogP contribution in [0.5, 0.6) is 5.75 Å². The van der Waals surface area contributed by atoms with Crippen molar-refractivity contribution in [2.24, 2.45) is 5.73 Å². The fourth-order valence-electron chi connectivity index (χ4n) is 4.08. The van der Waals surface area contributed by atoms with E-state index < -0.39 is 17.5 Å². The molecule has 0 unspecified atom stereocenters. The lowest BCUT2D eigenvalue weighted by atomic mass is 10.0. The number of hydrogen-bond acceptors (Lipinski definition) is 8. The maximum Gasteiger partial charge on any atom is 0.412 e. The molecule has 1 aliphatic heterocycles. The number of carbonyl (C=O) groups excluding carboxylic acids is 1. The van der Waals surface area contributed by atoms with Gasteiger partial charge >= 0.3 is 6.09 Å². The van der Waals surface area contributed by atoms with Crippen LogP contribution >= 0.6 is 0 Å². The van der Waals surface area contributed by atoms with Crippen LogP contribution in [-0.4, -0.2) is 52.5 Å². The molecule has 11 heteroatoms. The van der Waals surface area contributed by atoms with Gasteiger partial charge in [-0.15, -0.1) is 0 Å². The van der Waals surface area contributed by atoms with Crippen LogP contribution in [0.2, 0.25) is 0 Å². The van der Waals surface area contributed by atoms with E-state index in [4.69, 9.17) is 20.9 Å². The number of carbonyl (C=O) groups is 1. The summed E-state index contributed by atoms with van der Waals surface area (Å²) in [6.07, 6.45) is 2.18. The maximum absolute atomic E-state index is 16.0. The van der Waals surface area contributed by atoms with Gasteiger partial charge < -0.3 is 25.8 Å². The summed E-state index contributed by atoms with van der Waals surface area (Å²) in [5.74, 6) is 0.348. The number of hydrogen-bond donors (Lipinski definition) is 3. The number of fused-ring (bicyclic) bond motifs is 1. The number of amides is 1. The molecule has 3 aromatic rings. The fourth-order valence-corrected chi connectivity index (χ4v) is 4.08. The monoisotopic (exact) mass is 471 g/mol. The molecule has 1 aromatic carbocycles. The van der Waals surface area contributed by atoms with Gasteiger partial charge in [0.25, 0.3) is 0 Å². The number of piperidine rings is 1. The molecule has 0 bridgehead atoms. The highest BCUT2D eigenvalue weighted by Crippen LogP contribution is 2.41. The number of halogens is 1. The van der Waals surface area contributed by atoms with E-state index in [1.807, 2.05) is 4.90 Å². The van der Waals surface area contributed by atoms with Gasteiger partial charge in [-0.1, -0.05) is 6.07 Å². The molecule has 10 nitrogen and oxygen atoms in total. The summed E-state index contributed by atoms with van der Waals surface area (Å²) in [6.45, 7) is 6.53. The average Bonchev–Trinajstić information content (AvgIpc) is 3.06. The second-order valence-corrected chi connectivity index (χ2v) is 9.28. The van der Waals surface area contributed by atoms with E-state index in [1.165, 1.54) is 18.0 Å². The van der Waals surface area contributed by atoms with Crippen molar-refractivity contribution in [3.05, 3.63) is 30.3 Å². The highest BCUT2D eigenvalue weighted by molar-refractivity contribution is 5.94. The Morgan fingerprint density at radius 3 is 2.62 bits per heavy atom. The predicted octanol–water partition coefficient (Wildman–Crippen LogP) is 3.40.